The predicted molar refractivity (Wildman–Crippen MR) is 95.5 cm³/mol. The van der Waals surface area contributed by atoms with Crippen molar-refractivity contribution in [3.05, 3.63) is 29.1 Å². The lowest BCUT2D eigenvalue weighted by atomic mass is 10.0. The largest absolute Gasteiger partial charge is 0.400 e. The molecule has 1 fully saturated rings. The molecule has 0 bridgehead atoms. The average molecular weight is 449 g/mol. The fourth-order valence-corrected chi connectivity index (χ4v) is 4.09. The van der Waals surface area contributed by atoms with Gasteiger partial charge in [-0.1, -0.05) is 0 Å². The number of nitrogens with zero attached hydrogens (tertiary/aromatic N) is 1. The molecule has 2 aliphatic rings. The van der Waals surface area contributed by atoms with Crippen LogP contribution in [0.1, 0.15) is 33.6 Å². The first kappa shape index (κ1) is 21.9. The lowest BCUT2D eigenvalue weighted by molar-refractivity contribution is -0.136. The number of alkyl halides is 3. The standard InChI is InChI=1S/C17H15F4N3O5S/c18-9-2-1-8-12(13(9)22-5-6-30(29)7-17(19,20)21)16(28)24(15(8)27)10-3-4-11(25)23-14(10)26/h1-2,10,22H,3-7H2,(H,23,25,26). The number of imide groups is 2. The molecule has 0 saturated carbocycles. The molecule has 0 spiro atoms. The molecule has 8 nitrogen and oxygen atoms in total. The van der Waals surface area contributed by atoms with Crippen molar-refractivity contribution in [2.45, 2.75) is 25.1 Å². The summed E-state index contributed by atoms with van der Waals surface area (Å²) in [6, 6.07) is 0.710. The van der Waals surface area contributed by atoms with E-state index >= 15 is 0 Å². The Morgan fingerprint density at radius 2 is 1.87 bits per heavy atom. The number of fused-ring (bicyclic) bond motifs is 1. The summed E-state index contributed by atoms with van der Waals surface area (Å²) < 4.78 is 62.5. The molecule has 2 aliphatic heterocycles. The Kier molecular flexibility index (Phi) is 5.92. The van der Waals surface area contributed by atoms with Crippen LogP contribution in [0.5, 0.6) is 0 Å². The lowest BCUT2D eigenvalue weighted by Gasteiger charge is -2.27. The van der Waals surface area contributed by atoms with E-state index in [2.05, 4.69) is 5.32 Å². The van der Waals surface area contributed by atoms with Crippen LogP contribution in [0.25, 0.3) is 0 Å². The van der Waals surface area contributed by atoms with Crippen LogP contribution in [0, 0.1) is 5.82 Å². The second kappa shape index (κ2) is 8.13. The Balaban J connectivity index is 1.80. The third-order valence-electron chi connectivity index (χ3n) is 4.51. The number of piperidine rings is 1. The summed E-state index contributed by atoms with van der Waals surface area (Å²) in [7, 11) is -2.26. The van der Waals surface area contributed by atoms with Crippen molar-refractivity contribution in [2.75, 3.05) is 23.4 Å². The number of benzene rings is 1. The monoisotopic (exact) mass is 449 g/mol. The van der Waals surface area contributed by atoms with E-state index < -0.39 is 69.7 Å². The minimum atomic E-state index is -4.62. The van der Waals surface area contributed by atoms with Gasteiger partial charge in [-0.3, -0.25) is 33.6 Å². The molecule has 0 radical (unpaired) electrons. The van der Waals surface area contributed by atoms with Crippen molar-refractivity contribution in [2.24, 2.45) is 0 Å². The SMILES string of the molecule is O=C1CCC(N2C(=O)c3ccc(F)c(NCCS(=O)CC(F)(F)F)c3C2=O)C(=O)N1. The molecule has 13 heteroatoms. The Hall–Kier alpha value is -2.83. The molecule has 2 heterocycles. The molecule has 4 amide bonds. The smallest absolute Gasteiger partial charge is 0.381 e. The molecule has 2 N–H and O–H groups in total. The molecule has 1 aromatic rings. The summed E-state index contributed by atoms with van der Waals surface area (Å²) in [5, 5.41) is 4.46. The maximum atomic E-state index is 14.3. The van der Waals surface area contributed by atoms with Crippen molar-refractivity contribution in [3.63, 3.8) is 0 Å². The normalized spacial score (nSPS) is 20.3. The van der Waals surface area contributed by atoms with E-state index in [1.807, 2.05) is 5.32 Å². The van der Waals surface area contributed by atoms with Crippen LogP contribution in [0.15, 0.2) is 12.1 Å². The van der Waals surface area contributed by atoms with E-state index in [-0.39, 0.29) is 30.5 Å². The van der Waals surface area contributed by atoms with Gasteiger partial charge >= 0.3 is 6.18 Å². The summed E-state index contributed by atoms with van der Waals surface area (Å²) >= 11 is 0. The van der Waals surface area contributed by atoms with E-state index in [0.29, 0.717) is 4.90 Å². The third-order valence-corrected chi connectivity index (χ3v) is 5.82. The van der Waals surface area contributed by atoms with Gasteiger partial charge in [0, 0.05) is 29.5 Å². The number of rotatable bonds is 6. The number of hydrogen-bond acceptors (Lipinski definition) is 6. The first-order valence-corrected chi connectivity index (χ1v) is 10.2. The maximum Gasteiger partial charge on any atom is 0.400 e. The van der Waals surface area contributed by atoms with Crippen LogP contribution in [0.2, 0.25) is 0 Å². The second-order valence-electron chi connectivity index (χ2n) is 6.62. The fourth-order valence-electron chi connectivity index (χ4n) is 3.25. The van der Waals surface area contributed by atoms with Crippen LogP contribution in [-0.4, -0.2) is 63.0 Å². The highest BCUT2D eigenvalue weighted by molar-refractivity contribution is 7.85. The van der Waals surface area contributed by atoms with Gasteiger partial charge in [0.2, 0.25) is 11.8 Å². The van der Waals surface area contributed by atoms with Crippen LogP contribution < -0.4 is 10.6 Å². The Bertz CT molecular complexity index is 965. The molecule has 162 valence electrons. The fraction of sp³-hybridized carbons (Fsp3) is 0.412. The molecule has 1 saturated heterocycles. The Morgan fingerprint density at radius 1 is 1.17 bits per heavy atom. The number of nitrogens with one attached hydrogen (secondary N) is 2. The van der Waals surface area contributed by atoms with Crippen molar-refractivity contribution in [1.29, 1.82) is 0 Å². The molecule has 3 rings (SSSR count). The second-order valence-corrected chi connectivity index (χ2v) is 8.20. The molecule has 0 aromatic heterocycles. The highest BCUT2D eigenvalue weighted by Crippen LogP contribution is 2.34. The summed E-state index contributed by atoms with van der Waals surface area (Å²) in [5.74, 6) is -6.14. The molecular weight excluding hydrogens is 434 g/mol. The lowest BCUT2D eigenvalue weighted by Crippen LogP contribution is -2.54. The predicted octanol–water partition coefficient (Wildman–Crippen LogP) is 0.950. The summed E-state index contributed by atoms with van der Waals surface area (Å²) in [5.41, 5.74) is -0.985. The molecular formula is C17H15F4N3O5S. The van der Waals surface area contributed by atoms with E-state index in [9.17, 15) is 40.9 Å². The van der Waals surface area contributed by atoms with Crippen molar-refractivity contribution < 1.29 is 40.9 Å². The van der Waals surface area contributed by atoms with Gasteiger partial charge in [-0.15, -0.1) is 0 Å². The molecule has 1 aromatic carbocycles. The van der Waals surface area contributed by atoms with Crippen LogP contribution in [0.4, 0.5) is 23.2 Å². The highest BCUT2D eigenvalue weighted by Gasteiger charge is 2.46. The van der Waals surface area contributed by atoms with Gasteiger partial charge < -0.3 is 5.32 Å². The van der Waals surface area contributed by atoms with E-state index in [4.69, 9.17) is 0 Å². The van der Waals surface area contributed by atoms with Gasteiger partial charge in [0.05, 0.1) is 16.8 Å². The van der Waals surface area contributed by atoms with Gasteiger partial charge in [0.15, 0.2) is 0 Å². The minimum absolute atomic E-state index is 0.0855. The summed E-state index contributed by atoms with van der Waals surface area (Å²) in [4.78, 5) is 49.5. The van der Waals surface area contributed by atoms with E-state index in [0.717, 1.165) is 12.1 Å². The first-order valence-electron chi connectivity index (χ1n) is 8.69. The maximum absolute atomic E-state index is 14.3. The minimum Gasteiger partial charge on any atom is -0.381 e. The number of hydrogen-bond donors (Lipinski definition) is 2. The van der Waals surface area contributed by atoms with Gasteiger partial charge in [-0.05, 0) is 18.6 Å². The quantitative estimate of drug-likeness (QED) is 0.494. The zero-order valence-electron chi connectivity index (χ0n) is 15.2. The van der Waals surface area contributed by atoms with E-state index in [1.165, 1.54) is 0 Å². The van der Waals surface area contributed by atoms with E-state index in [1.54, 1.807) is 0 Å². The Labute approximate surface area is 169 Å². The van der Waals surface area contributed by atoms with Gasteiger partial charge in [-0.2, -0.15) is 13.2 Å². The number of carbonyl (C=O) groups excluding carboxylic acids is 4. The molecule has 30 heavy (non-hydrogen) atoms. The third kappa shape index (κ3) is 4.35. The molecule has 2 atom stereocenters. The highest BCUT2D eigenvalue weighted by atomic mass is 32.2. The Morgan fingerprint density at radius 3 is 2.50 bits per heavy atom. The van der Waals surface area contributed by atoms with Crippen molar-refractivity contribution in [1.82, 2.24) is 10.2 Å². The van der Waals surface area contributed by atoms with Gasteiger partial charge in [0.1, 0.15) is 17.6 Å². The zero-order chi connectivity index (χ0) is 22.2. The van der Waals surface area contributed by atoms with Gasteiger partial charge in [-0.25, -0.2) is 4.39 Å². The topological polar surface area (TPSA) is 113 Å². The summed E-state index contributed by atoms with van der Waals surface area (Å²) in [6.07, 6.45) is -4.79. The van der Waals surface area contributed by atoms with Crippen LogP contribution in [0.3, 0.4) is 0 Å². The number of amides is 4. The zero-order valence-corrected chi connectivity index (χ0v) is 16.0. The molecule has 2 unspecified atom stereocenters. The summed E-state index contributed by atoms with van der Waals surface area (Å²) in [6.45, 7) is -0.351. The van der Waals surface area contributed by atoms with Gasteiger partial charge in [0.25, 0.3) is 11.8 Å². The van der Waals surface area contributed by atoms with Crippen molar-refractivity contribution in [3.8, 4) is 0 Å². The first-order chi connectivity index (χ1) is 14.0. The number of halogens is 4. The number of anilines is 1. The average Bonchev–Trinajstić information content (AvgIpc) is 2.86. The molecule has 0 aliphatic carbocycles. The van der Waals surface area contributed by atoms with Crippen LogP contribution >= 0.6 is 0 Å². The van der Waals surface area contributed by atoms with Crippen molar-refractivity contribution >= 4 is 40.1 Å². The van der Waals surface area contributed by atoms with Crippen LogP contribution in [-0.2, 0) is 20.4 Å². The number of carbonyl (C=O) groups is 4.